The summed E-state index contributed by atoms with van der Waals surface area (Å²) in [6, 6.07) is 15.1. The summed E-state index contributed by atoms with van der Waals surface area (Å²) in [5, 5.41) is 6.19. The Kier molecular flexibility index (Phi) is 8.13. The van der Waals surface area contributed by atoms with Gasteiger partial charge in [0.15, 0.2) is 0 Å². The molecule has 212 valence electrons. The van der Waals surface area contributed by atoms with Gasteiger partial charge in [-0.3, -0.25) is 9.48 Å². The summed E-state index contributed by atoms with van der Waals surface area (Å²) in [6.07, 6.45) is 4.51. The van der Waals surface area contributed by atoms with Crippen LogP contribution in [0.15, 0.2) is 71.9 Å². The van der Waals surface area contributed by atoms with E-state index in [1.807, 2.05) is 38.2 Å². The van der Waals surface area contributed by atoms with E-state index < -0.39 is 15.9 Å². The molecule has 2 aromatic heterocycles. The molecule has 3 aromatic carbocycles. The summed E-state index contributed by atoms with van der Waals surface area (Å²) in [4.78, 5) is 16.7. The number of H-pyrrole nitrogens is 1. The largest absolute Gasteiger partial charge is 0.494 e. The summed E-state index contributed by atoms with van der Waals surface area (Å²) < 4.78 is 35.8. The highest BCUT2D eigenvalue weighted by molar-refractivity contribution is 7.90. The molecule has 0 aliphatic heterocycles. The van der Waals surface area contributed by atoms with Crippen LogP contribution >= 0.6 is 23.2 Å². The quantitative estimate of drug-likeness (QED) is 0.182. The topological polar surface area (TPSA) is 106 Å². The SMILES string of the molecule is Cc1cc(OCCCc2c(C(=O)NS(=O)(=O)c3ccccc3)[nH]c3c(-c4cnn(C)c4)c(Cl)ccc23)cc(C)c1Cl. The van der Waals surface area contributed by atoms with E-state index in [2.05, 4.69) is 14.8 Å². The third kappa shape index (κ3) is 5.98. The molecule has 0 atom stereocenters. The molecule has 5 aromatic rings. The molecule has 0 saturated heterocycles. The van der Waals surface area contributed by atoms with E-state index in [0.717, 1.165) is 22.1 Å². The number of carbonyl (C=O) groups excluding carboxylic acids is 1. The second-order valence-electron chi connectivity index (χ2n) is 9.80. The number of benzene rings is 3. The minimum atomic E-state index is -4.10. The molecule has 0 radical (unpaired) electrons. The van der Waals surface area contributed by atoms with Crippen molar-refractivity contribution in [2.75, 3.05) is 6.61 Å². The van der Waals surface area contributed by atoms with E-state index in [1.165, 1.54) is 12.1 Å². The highest BCUT2D eigenvalue weighted by Crippen LogP contribution is 2.37. The summed E-state index contributed by atoms with van der Waals surface area (Å²) in [5.74, 6) is -0.0564. The van der Waals surface area contributed by atoms with Gasteiger partial charge in [-0.05, 0) is 73.7 Å². The molecule has 2 heterocycles. The molecule has 0 aliphatic rings. The molecule has 0 aliphatic carbocycles. The maximum Gasteiger partial charge on any atom is 0.281 e. The van der Waals surface area contributed by atoms with Crippen molar-refractivity contribution in [2.24, 2.45) is 7.05 Å². The molecule has 0 bridgehead atoms. The lowest BCUT2D eigenvalue weighted by Gasteiger charge is -2.11. The molecule has 0 saturated carbocycles. The van der Waals surface area contributed by atoms with E-state index in [1.54, 1.807) is 42.2 Å². The molecule has 11 heteroatoms. The minimum Gasteiger partial charge on any atom is -0.494 e. The van der Waals surface area contributed by atoms with Crippen LogP contribution in [0.1, 0.15) is 33.6 Å². The maximum atomic E-state index is 13.5. The van der Waals surface area contributed by atoms with Crippen molar-refractivity contribution in [3.8, 4) is 16.9 Å². The van der Waals surface area contributed by atoms with Crippen molar-refractivity contribution in [3.63, 3.8) is 0 Å². The number of nitrogens with zero attached hydrogens (tertiary/aromatic N) is 2. The van der Waals surface area contributed by atoms with Crippen molar-refractivity contribution in [1.29, 1.82) is 0 Å². The van der Waals surface area contributed by atoms with Gasteiger partial charge in [-0.25, -0.2) is 13.1 Å². The van der Waals surface area contributed by atoms with Crippen LogP contribution in [0.2, 0.25) is 10.0 Å². The number of rotatable bonds is 9. The van der Waals surface area contributed by atoms with E-state index >= 15 is 0 Å². The molecule has 0 spiro atoms. The first-order valence-electron chi connectivity index (χ1n) is 12.9. The van der Waals surface area contributed by atoms with Crippen LogP contribution in [-0.2, 0) is 23.5 Å². The summed E-state index contributed by atoms with van der Waals surface area (Å²) in [6.45, 7) is 4.22. The van der Waals surface area contributed by atoms with Gasteiger partial charge >= 0.3 is 0 Å². The highest BCUT2D eigenvalue weighted by atomic mass is 35.5. The van der Waals surface area contributed by atoms with Crippen LogP contribution in [-0.4, -0.2) is 35.7 Å². The second kappa shape index (κ2) is 11.6. The van der Waals surface area contributed by atoms with E-state index in [-0.39, 0.29) is 10.6 Å². The monoisotopic (exact) mass is 610 g/mol. The van der Waals surface area contributed by atoms with Crippen molar-refractivity contribution in [1.82, 2.24) is 19.5 Å². The second-order valence-corrected chi connectivity index (χ2v) is 12.3. The third-order valence-electron chi connectivity index (χ3n) is 6.78. The predicted molar refractivity (Wildman–Crippen MR) is 161 cm³/mol. The number of sulfonamides is 1. The number of ether oxygens (including phenoxy) is 1. The lowest BCUT2D eigenvalue weighted by molar-refractivity contribution is 0.0976. The first kappa shape index (κ1) is 28.7. The summed E-state index contributed by atoms with van der Waals surface area (Å²) in [7, 11) is -2.30. The third-order valence-corrected chi connectivity index (χ3v) is 9.04. The fourth-order valence-corrected chi connectivity index (χ4v) is 6.19. The van der Waals surface area contributed by atoms with Crippen LogP contribution < -0.4 is 9.46 Å². The van der Waals surface area contributed by atoms with Gasteiger partial charge in [-0.1, -0.05) is 47.5 Å². The molecule has 5 rings (SSSR count). The number of aromatic amines is 1. The first-order valence-corrected chi connectivity index (χ1v) is 15.1. The minimum absolute atomic E-state index is 0.00736. The molecule has 1 amide bonds. The molecule has 0 unspecified atom stereocenters. The molecular weight excluding hydrogens is 583 g/mol. The van der Waals surface area contributed by atoms with E-state index in [9.17, 15) is 13.2 Å². The van der Waals surface area contributed by atoms with E-state index in [0.29, 0.717) is 51.9 Å². The Labute approximate surface area is 248 Å². The molecule has 8 nitrogen and oxygen atoms in total. The van der Waals surface area contributed by atoms with Gasteiger partial charge < -0.3 is 9.72 Å². The molecule has 41 heavy (non-hydrogen) atoms. The number of carbonyl (C=O) groups is 1. The fraction of sp³-hybridized carbons (Fsp3) is 0.200. The van der Waals surface area contributed by atoms with Crippen LogP contribution in [0.4, 0.5) is 0 Å². The Hall–Kier alpha value is -3.79. The lowest BCUT2D eigenvalue weighted by atomic mass is 10.0. The van der Waals surface area contributed by atoms with Gasteiger partial charge in [-0.2, -0.15) is 5.10 Å². The number of nitrogens with one attached hydrogen (secondary N) is 2. The van der Waals surface area contributed by atoms with Crippen LogP contribution in [0.5, 0.6) is 5.75 Å². The van der Waals surface area contributed by atoms with Gasteiger partial charge in [0.1, 0.15) is 11.4 Å². The van der Waals surface area contributed by atoms with Crippen LogP contribution in [0, 0.1) is 13.8 Å². The van der Waals surface area contributed by atoms with Crippen molar-refractivity contribution >= 4 is 50.0 Å². The zero-order valence-electron chi connectivity index (χ0n) is 22.7. The van der Waals surface area contributed by atoms with Crippen LogP contribution in [0.25, 0.3) is 22.0 Å². The molecule has 2 N–H and O–H groups in total. The van der Waals surface area contributed by atoms with Crippen LogP contribution in [0.3, 0.4) is 0 Å². The first-order chi connectivity index (χ1) is 19.5. The highest BCUT2D eigenvalue weighted by Gasteiger charge is 2.25. The number of aryl methyl sites for hydroxylation is 4. The number of aromatic nitrogens is 3. The smallest absolute Gasteiger partial charge is 0.281 e. The van der Waals surface area contributed by atoms with Gasteiger partial charge in [0.25, 0.3) is 15.9 Å². The summed E-state index contributed by atoms with van der Waals surface area (Å²) >= 11 is 12.9. The Balaban J connectivity index is 1.49. The predicted octanol–water partition coefficient (Wildman–Crippen LogP) is 6.62. The zero-order chi connectivity index (χ0) is 29.3. The Morgan fingerprint density at radius 1 is 1.07 bits per heavy atom. The number of hydrogen-bond acceptors (Lipinski definition) is 5. The number of hydrogen-bond donors (Lipinski definition) is 2. The van der Waals surface area contributed by atoms with Gasteiger partial charge in [0.2, 0.25) is 0 Å². The number of amides is 1. The van der Waals surface area contributed by atoms with Gasteiger partial charge in [0.05, 0.1) is 28.2 Å². The normalized spacial score (nSPS) is 11.6. The van der Waals surface area contributed by atoms with Gasteiger partial charge in [0, 0.05) is 34.8 Å². The van der Waals surface area contributed by atoms with E-state index in [4.69, 9.17) is 27.9 Å². The number of fused-ring (bicyclic) bond motifs is 1. The molecule has 0 fully saturated rings. The molecular formula is C30H28Cl2N4O4S. The standard InChI is InChI=1S/C30H28Cl2N4O4S/c1-18-14-21(15-19(2)27(18)32)40-13-7-10-23-24-11-12-25(31)26(20-16-33-36(3)17-20)28(24)34-29(23)30(37)35-41(38,39)22-8-5-4-6-9-22/h4-6,8-9,11-12,14-17,34H,7,10,13H2,1-3H3,(H,35,37). The Bertz CT molecular complexity index is 1840. The average Bonchev–Trinajstić information content (AvgIpc) is 3.53. The average molecular weight is 612 g/mol. The fourth-order valence-electron chi connectivity index (χ4n) is 4.84. The van der Waals surface area contributed by atoms with Crippen molar-refractivity contribution in [2.45, 2.75) is 31.6 Å². The number of halogens is 2. The van der Waals surface area contributed by atoms with Gasteiger partial charge in [-0.15, -0.1) is 0 Å². The maximum absolute atomic E-state index is 13.5. The van der Waals surface area contributed by atoms with Crippen molar-refractivity contribution in [3.05, 3.63) is 99.4 Å². The zero-order valence-corrected chi connectivity index (χ0v) is 25.0. The van der Waals surface area contributed by atoms with Crippen molar-refractivity contribution < 1.29 is 17.9 Å². The Morgan fingerprint density at radius 3 is 2.44 bits per heavy atom. The summed E-state index contributed by atoms with van der Waals surface area (Å²) in [5.41, 5.74) is 4.71. The Morgan fingerprint density at radius 2 is 1.78 bits per heavy atom. The lowest BCUT2D eigenvalue weighted by Crippen LogP contribution is -2.31.